The Bertz CT molecular complexity index is 1160. The zero-order chi connectivity index (χ0) is 25.4. The van der Waals surface area contributed by atoms with Crippen molar-refractivity contribution in [2.45, 2.75) is 71.1 Å². The number of aryl methyl sites for hydroxylation is 1. The van der Waals surface area contributed by atoms with Crippen LogP contribution in [0.1, 0.15) is 62.8 Å². The van der Waals surface area contributed by atoms with Crippen LogP contribution in [0.5, 0.6) is 0 Å². The molecule has 188 valence electrons. The van der Waals surface area contributed by atoms with E-state index in [1.165, 1.54) is 18.2 Å². The van der Waals surface area contributed by atoms with Gasteiger partial charge in [-0.2, -0.15) is 26.3 Å². The molecule has 0 saturated carbocycles. The van der Waals surface area contributed by atoms with E-state index in [0.717, 1.165) is 30.9 Å². The van der Waals surface area contributed by atoms with Crippen LogP contribution < -0.4 is 5.32 Å². The van der Waals surface area contributed by atoms with Gasteiger partial charge in [0.05, 0.1) is 5.56 Å². The molecule has 4 rings (SSSR count). The van der Waals surface area contributed by atoms with E-state index in [0.29, 0.717) is 30.5 Å². The number of aliphatic imine (C=N–C) groups is 1. The second kappa shape index (κ2) is 9.62. The van der Waals surface area contributed by atoms with E-state index in [9.17, 15) is 26.3 Å². The average Bonchev–Trinajstić information content (AvgIpc) is 3.04. The number of nitrogens with zero attached hydrogens (tertiary/aromatic N) is 3. The third-order valence-electron chi connectivity index (χ3n) is 6.50. The summed E-state index contributed by atoms with van der Waals surface area (Å²) >= 11 is 0. The first-order valence-electron chi connectivity index (χ1n) is 11.7. The van der Waals surface area contributed by atoms with Crippen LogP contribution in [0.4, 0.5) is 32.2 Å². The maximum Gasteiger partial charge on any atom is 0.429 e. The maximum absolute atomic E-state index is 13.7. The van der Waals surface area contributed by atoms with Crippen molar-refractivity contribution in [3.63, 3.8) is 0 Å². The Labute approximate surface area is 199 Å². The molecule has 2 heterocycles. The number of benzene rings is 1. The summed E-state index contributed by atoms with van der Waals surface area (Å²) in [5, 5.41) is 2.96. The van der Waals surface area contributed by atoms with Crippen LogP contribution in [0, 0.1) is 5.92 Å². The molecule has 1 aliphatic heterocycles. The Morgan fingerprint density at radius 3 is 2.34 bits per heavy atom. The number of anilines is 1. The molecular formula is C25H26F6N4. The largest absolute Gasteiger partial charge is 0.429 e. The molecule has 1 aliphatic carbocycles. The van der Waals surface area contributed by atoms with Crippen molar-refractivity contribution in [1.82, 2.24) is 9.97 Å². The number of fused-ring (bicyclic) bond motifs is 1. The van der Waals surface area contributed by atoms with E-state index >= 15 is 0 Å². The van der Waals surface area contributed by atoms with Gasteiger partial charge < -0.3 is 5.32 Å². The zero-order valence-electron chi connectivity index (χ0n) is 19.4. The van der Waals surface area contributed by atoms with Gasteiger partial charge >= 0.3 is 12.4 Å². The van der Waals surface area contributed by atoms with E-state index < -0.39 is 29.5 Å². The van der Waals surface area contributed by atoms with E-state index in [1.807, 2.05) is 0 Å². The van der Waals surface area contributed by atoms with Crippen molar-refractivity contribution in [2.24, 2.45) is 10.9 Å². The predicted octanol–water partition coefficient (Wildman–Crippen LogP) is 7.51. The summed E-state index contributed by atoms with van der Waals surface area (Å²) in [6.07, 6.45) is -4.99. The smallest absolute Gasteiger partial charge is 0.325 e. The van der Waals surface area contributed by atoms with Gasteiger partial charge in [0.15, 0.2) is 5.82 Å². The summed E-state index contributed by atoms with van der Waals surface area (Å²) in [5.74, 6) is -0.584. The molecule has 1 N–H and O–H groups in total. The van der Waals surface area contributed by atoms with E-state index in [4.69, 9.17) is 0 Å². The van der Waals surface area contributed by atoms with Gasteiger partial charge in [-0.3, -0.25) is 0 Å². The fourth-order valence-corrected chi connectivity index (χ4v) is 4.67. The minimum absolute atomic E-state index is 0.0437. The Morgan fingerprint density at radius 2 is 1.66 bits per heavy atom. The van der Waals surface area contributed by atoms with Crippen molar-refractivity contribution in [2.75, 3.05) is 5.32 Å². The molecular weight excluding hydrogens is 470 g/mol. The van der Waals surface area contributed by atoms with Gasteiger partial charge in [-0.05, 0) is 57.1 Å². The average molecular weight is 496 g/mol. The first kappa shape index (κ1) is 25.2. The van der Waals surface area contributed by atoms with Crippen molar-refractivity contribution >= 4 is 11.5 Å². The van der Waals surface area contributed by atoms with Crippen LogP contribution in [-0.4, -0.2) is 21.9 Å². The van der Waals surface area contributed by atoms with Gasteiger partial charge in [-0.15, -0.1) is 0 Å². The number of halogens is 6. The fraction of sp³-hybridized carbons (Fsp3) is 0.480. The van der Waals surface area contributed by atoms with Crippen LogP contribution in [0.2, 0.25) is 0 Å². The summed E-state index contributed by atoms with van der Waals surface area (Å²) < 4.78 is 82.1. The number of rotatable bonds is 4. The third-order valence-corrected chi connectivity index (χ3v) is 6.50. The van der Waals surface area contributed by atoms with E-state index in [1.54, 1.807) is 13.8 Å². The van der Waals surface area contributed by atoms with Crippen LogP contribution >= 0.6 is 0 Å². The van der Waals surface area contributed by atoms with E-state index in [2.05, 4.69) is 20.3 Å². The summed E-state index contributed by atoms with van der Waals surface area (Å²) in [5.41, 5.74) is 0.0922. The topological polar surface area (TPSA) is 50.2 Å². The normalized spacial score (nSPS) is 19.2. The monoisotopic (exact) mass is 496 g/mol. The molecule has 0 bridgehead atoms. The van der Waals surface area contributed by atoms with Crippen molar-refractivity contribution in [3.8, 4) is 11.4 Å². The molecule has 35 heavy (non-hydrogen) atoms. The molecule has 10 heteroatoms. The first-order chi connectivity index (χ1) is 16.5. The van der Waals surface area contributed by atoms with Crippen LogP contribution in [-0.2, 0) is 19.0 Å². The van der Waals surface area contributed by atoms with Gasteiger partial charge in [0.25, 0.3) is 0 Å². The molecule has 1 aromatic carbocycles. The molecule has 2 aromatic rings. The SMILES string of the molecule is CCC1CC(C)=C(Nc2nc(-c3ccccc3C(F)(F)F)nc3c2CCCCC3)N=C1C(F)(F)F. The van der Waals surface area contributed by atoms with E-state index in [-0.39, 0.29) is 29.4 Å². The lowest BCUT2D eigenvalue weighted by molar-refractivity contribution is -0.137. The van der Waals surface area contributed by atoms with Gasteiger partial charge in [-0.1, -0.05) is 31.5 Å². The molecule has 0 amide bonds. The minimum atomic E-state index is -4.61. The van der Waals surface area contributed by atoms with Gasteiger partial charge in [0.2, 0.25) is 0 Å². The standard InChI is InChI=1S/C25H26F6N4/c1-3-15-13-14(2)21(33-20(15)25(29,30)31)34-23-17-10-5-4-6-12-19(17)32-22(35-23)16-9-7-8-11-18(16)24(26,27)28/h7-9,11,15H,3-6,10,12-13H2,1-2H3,(H,32,34,35). The molecule has 1 unspecified atom stereocenters. The lowest BCUT2D eigenvalue weighted by atomic mass is 9.90. The third kappa shape index (κ3) is 5.36. The summed E-state index contributed by atoms with van der Waals surface area (Å²) in [6, 6.07) is 5.05. The Kier molecular flexibility index (Phi) is 6.92. The maximum atomic E-state index is 13.7. The van der Waals surface area contributed by atoms with Crippen molar-refractivity contribution in [3.05, 3.63) is 52.5 Å². The minimum Gasteiger partial charge on any atom is -0.325 e. The molecule has 1 aromatic heterocycles. The summed E-state index contributed by atoms with van der Waals surface area (Å²) in [7, 11) is 0. The zero-order valence-corrected chi connectivity index (χ0v) is 19.4. The Morgan fingerprint density at radius 1 is 0.943 bits per heavy atom. The number of alkyl halides is 6. The van der Waals surface area contributed by atoms with Crippen LogP contribution in [0.25, 0.3) is 11.4 Å². The highest BCUT2D eigenvalue weighted by atomic mass is 19.4. The fourth-order valence-electron chi connectivity index (χ4n) is 4.67. The molecule has 1 atom stereocenters. The number of hydrogen-bond donors (Lipinski definition) is 1. The highest BCUT2D eigenvalue weighted by molar-refractivity contribution is 5.94. The van der Waals surface area contributed by atoms with Crippen molar-refractivity contribution in [1.29, 1.82) is 0 Å². The summed E-state index contributed by atoms with van der Waals surface area (Å²) in [4.78, 5) is 12.8. The highest BCUT2D eigenvalue weighted by Crippen LogP contribution is 2.38. The molecule has 0 saturated heterocycles. The predicted molar refractivity (Wildman–Crippen MR) is 122 cm³/mol. The highest BCUT2D eigenvalue weighted by Gasteiger charge is 2.42. The molecule has 4 nitrogen and oxygen atoms in total. The molecule has 2 aliphatic rings. The van der Waals surface area contributed by atoms with Crippen LogP contribution in [0.15, 0.2) is 40.7 Å². The number of aromatic nitrogens is 2. The Balaban J connectivity index is 1.84. The first-order valence-corrected chi connectivity index (χ1v) is 11.7. The number of nitrogens with one attached hydrogen (secondary N) is 1. The Hall–Kier alpha value is -2.91. The quantitative estimate of drug-likeness (QED) is 0.352. The van der Waals surface area contributed by atoms with Crippen LogP contribution in [0.3, 0.4) is 0 Å². The number of allylic oxidation sites excluding steroid dienone is 1. The number of hydrogen-bond acceptors (Lipinski definition) is 4. The van der Waals surface area contributed by atoms with Crippen molar-refractivity contribution < 1.29 is 26.3 Å². The lowest BCUT2D eigenvalue weighted by Gasteiger charge is -2.27. The van der Waals surface area contributed by atoms with Gasteiger partial charge in [0.1, 0.15) is 17.4 Å². The molecule has 0 spiro atoms. The lowest BCUT2D eigenvalue weighted by Crippen LogP contribution is -2.34. The second-order valence-corrected chi connectivity index (χ2v) is 8.98. The second-order valence-electron chi connectivity index (χ2n) is 8.98. The molecule has 0 fully saturated rings. The van der Waals surface area contributed by atoms with Gasteiger partial charge in [-0.25, -0.2) is 15.0 Å². The summed E-state index contributed by atoms with van der Waals surface area (Å²) in [6.45, 7) is 3.40. The van der Waals surface area contributed by atoms with Gasteiger partial charge in [0, 0.05) is 22.7 Å². The molecule has 0 radical (unpaired) electrons.